The van der Waals surface area contributed by atoms with Crippen LogP contribution in [0.15, 0.2) is 56.1 Å². The SMILES string of the molecule is CN(C)CCCCC(=O)c1[nH]c2ncnc(Nc3cnc4c(c3)C=NC4)c2c1Br.O=C(O)c1[nH]c2ncnc(Nc3cnc4c(c3)C=NC4)c2c1Br. The molecule has 2 aliphatic heterocycles. The van der Waals surface area contributed by atoms with Gasteiger partial charge in [0.1, 0.15) is 41.3 Å². The lowest BCUT2D eigenvalue weighted by Crippen LogP contribution is -2.13. The maximum Gasteiger partial charge on any atom is 0.353 e. The van der Waals surface area contributed by atoms with E-state index in [1.165, 1.54) is 12.7 Å². The molecule has 0 saturated carbocycles. The number of carbonyl (C=O) groups is 2. The molecule has 0 fully saturated rings. The molecule has 264 valence electrons. The van der Waals surface area contributed by atoms with Gasteiger partial charge in [0.2, 0.25) is 0 Å². The monoisotopic (exact) mass is 827 g/mol. The molecule has 6 aromatic heterocycles. The number of anilines is 4. The molecule has 2 aliphatic rings. The molecule has 0 amide bonds. The van der Waals surface area contributed by atoms with E-state index >= 15 is 0 Å². The van der Waals surface area contributed by atoms with E-state index in [1.807, 2.05) is 32.4 Å². The number of fused-ring (bicyclic) bond motifs is 4. The summed E-state index contributed by atoms with van der Waals surface area (Å²) >= 11 is 6.88. The number of Topliss-reactive ketones (excluding diaryl/α,β-unsaturated/α-hetero) is 1. The van der Waals surface area contributed by atoms with E-state index in [2.05, 4.69) is 97.3 Å². The zero-order chi connectivity index (χ0) is 36.4. The van der Waals surface area contributed by atoms with Crippen molar-refractivity contribution in [2.45, 2.75) is 32.4 Å². The van der Waals surface area contributed by atoms with Crippen LogP contribution in [0, 0.1) is 0 Å². The molecule has 0 radical (unpaired) electrons. The first-order valence-electron chi connectivity index (χ1n) is 16.1. The first-order valence-corrected chi connectivity index (χ1v) is 17.7. The van der Waals surface area contributed by atoms with E-state index in [0.29, 0.717) is 62.5 Å². The Hall–Kier alpha value is -5.46. The molecule has 0 unspecified atom stereocenters. The number of nitrogens with one attached hydrogen (secondary N) is 4. The van der Waals surface area contributed by atoms with Crippen molar-refractivity contribution >= 4 is 101 Å². The number of hydrogen-bond acceptors (Lipinski definition) is 13. The molecule has 8 heterocycles. The van der Waals surface area contributed by atoms with Crippen molar-refractivity contribution in [1.82, 2.24) is 44.8 Å². The van der Waals surface area contributed by atoms with Gasteiger partial charge in [-0.1, -0.05) is 0 Å². The van der Waals surface area contributed by atoms with Gasteiger partial charge in [0, 0.05) is 30.0 Å². The standard InChI is InChI=1S/C20H22BrN7O.C14H9BrN6O2/c1-28(2)6-4-3-5-15(29)18-17(21)16-19(24-11-25-20(16)27-18)26-13-7-12-8-22-10-14(12)23-9-13;15-10-9-12(18-5-19-13(9)21-11(10)14(22)23)20-7-1-6-2-16-4-8(6)17-3-7/h7-9,11H,3-6,10H2,1-2H3,(H2,24,25,26,27);1-3,5H,4H2,(H,22,23)(H2,18,19,20,21). The summed E-state index contributed by atoms with van der Waals surface area (Å²) in [5.74, 6) is 0.0926. The number of H-pyrrole nitrogens is 2. The Morgan fingerprint density at radius 1 is 0.769 bits per heavy atom. The van der Waals surface area contributed by atoms with Crippen molar-refractivity contribution in [2.75, 3.05) is 31.3 Å². The molecule has 8 rings (SSSR count). The molecular weight excluding hydrogens is 798 g/mol. The van der Waals surface area contributed by atoms with Crippen LogP contribution in [-0.2, 0) is 13.1 Å². The molecule has 18 heteroatoms. The topological polar surface area (TPSA) is 215 Å². The Morgan fingerprint density at radius 2 is 1.29 bits per heavy atom. The van der Waals surface area contributed by atoms with Crippen LogP contribution in [0.1, 0.15) is 62.8 Å². The number of aromatic nitrogens is 8. The number of carboxylic acids is 1. The van der Waals surface area contributed by atoms with E-state index in [-0.39, 0.29) is 11.5 Å². The van der Waals surface area contributed by atoms with Crippen molar-refractivity contribution < 1.29 is 14.7 Å². The highest BCUT2D eigenvalue weighted by atomic mass is 79.9. The summed E-state index contributed by atoms with van der Waals surface area (Å²) in [6.07, 6.45) is 12.2. The molecule has 0 bridgehead atoms. The van der Waals surface area contributed by atoms with E-state index in [0.717, 1.165) is 58.7 Å². The molecule has 0 saturated heterocycles. The summed E-state index contributed by atoms with van der Waals surface area (Å²) in [4.78, 5) is 66.1. The molecular formula is C34H31Br2N13O3. The third kappa shape index (κ3) is 7.30. The van der Waals surface area contributed by atoms with E-state index < -0.39 is 5.97 Å². The molecule has 16 nitrogen and oxygen atoms in total. The van der Waals surface area contributed by atoms with Gasteiger partial charge in [0.15, 0.2) is 5.78 Å². The minimum absolute atomic E-state index is 0.0303. The van der Waals surface area contributed by atoms with Crippen LogP contribution in [0.3, 0.4) is 0 Å². The number of pyridine rings is 2. The van der Waals surface area contributed by atoms with Gasteiger partial charge in [0.25, 0.3) is 0 Å². The number of aromatic carboxylic acids is 1. The quantitative estimate of drug-likeness (QED) is 0.0730. The van der Waals surface area contributed by atoms with Crippen LogP contribution >= 0.6 is 31.9 Å². The maximum atomic E-state index is 12.7. The van der Waals surface area contributed by atoms with E-state index in [4.69, 9.17) is 0 Å². The molecule has 0 aromatic carbocycles. The minimum atomic E-state index is -1.07. The van der Waals surface area contributed by atoms with Crippen LogP contribution in [0.5, 0.6) is 0 Å². The van der Waals surface area contributed by atoms with Crippen LogP contribution in [0.4, 0.5) is 23.0 Å². The Bertz CT molecular complexity index is 2400. The summed E-state index contributed by atoms with van der Waals surface area (Å²) in [5.41, 5.74) is 7.01. The van der Waals surface area contributed by atoms with Crippen LogP contribution < -0.4 is 10.6 Å². The van der Waals surface area contributed by atoms with Gasteiger partial charge < -0.3 is 30.6 Å². The van der Waals surface area contributed by atoms with Gasteiger partial charge in [-0.05, 0) is 77.5 Å². The highest BCUT2D eigenvalue weighted by Crippen LogP contribution is 2.35. The number of aliphatic imine (C=N–C) groups is 2. The molecule has 0 spiro atoms. The zero-order valence-corrected chi connectivity index (χ0v) is 31.1. The smallest absolute Gasteiger partial charge is 0.353 e. The fraction of sp³-hybridized carbons (Fsp3) is 0.235. The second-order valence-corrected chi connectivity index (χ2v) is 13.8. The number of unbranched alkanes of at least 4 members (excludes halogenated alkanes) is 1. The average molecular weight is 830 g/mol. The number of aromatic amines is 2. The normalized spacial score (nSPS) is 12.6. The Kier molecular flexibility index (Phi) is 10.1. The molecule has 0 atom stereocenters. The number of hydrogen-bond donors (Lipinski definition) is 5. The lowest BCUT2D eigenvalue weighted by Gasteiger charge is -2.08. The van der Waals surface area contributed by atoms with Crippen LogP contribution in [0.25, 0.3) is 22.1 Å². The summed E-state index contributed by atoms with van der Waals surface area (Å²) in [6, 6.07) is 3.91. The van der Waals surface area contributed by atoms with Gasteiger partial charge in [-0.15, -0.1) is 0 Å². The van der Waals surface area contributed by atoms with Crippen molar-refractivity contribution in [2.24, 2.45) is 9.98 Å². The van der Waals surface area contributed by atoms with Crippen molar-refractivity contribution in [3.63, 3.8) is 0 Å². The minimum Gasteiger partial charge on any atom is -0.477 e. The Balaban J connectivity index is 0.000000166. The number of nitrogens with zero attached hydrogens (tertiary/aromatic N) is 9. The zero-order valence-electron chi connectivity index (χ0n) is 27.9. The molecule has 52 heavy (non-hydrogen) atoms. The van der Waals surface area contributed by atoms with Gasteiger partial charge >= 0.3 is 5.97 Å². The second kappa shape index (κ2) is 15.0. The van der Waals surface area contributed by atoms with Crippen molar-refractivity contribution in [3.05, 3.63) is 80.0 Å². The van der Waals surface area contributed by atoms with Crippen LogP contribution in [0.2, 0.25) is 0 Å². The van der Waals surface area contributed by atoms with Gasteiger partial charge in [-0.2, -0.15) is 0 Å². The second-order valence-electron chi connectivity index (χ2n) is 12.2. The summed E-state index contributed by atoms with van der Waals surface area (Å²) in [5, 5.41) is 17.0. The average Bonchev–Trinajstić information content (AvgIpc) is 3.93. The summed E-state index contributed by atoms with van der Waals surface area (Å²) in [7, 11) is 4.07. The number of rotatable bonds is 11. The highest BCUT2D eigenvalue weighted by Gasteiger charge is 2.21. The van der Waals surface area contributed by atoms with Crippen LogP contribution in [-0.4, -0.2) is 94.7 Å². The number of carbonyl (C=O) groups excluding carboxylic acids is 1. The molecule has 5 N–H and O–H groups in total. The molecule has 0 aliphatic carbocycles. The fourth-order valence-corrected chi connectivity index (χ4v) is 7.06. The largest absolute Gasteiger partial charge is 0.477 e. The summed E-state index contributed by atoms with van der Waals surface area (Å²) < 4.78 is 1.09. The molecule has 6 aromatic rings. The number of ketones is 1. The number of halogens is 2. The van der Waals surface area contributed by atoms with Crippen molar-refractivity contribution in [1.29, 1.82) is 0 Å². The van der Waals surface area contributed by atoms with Crippen molar-refractivity contribution in [3.8, 4) is 0 Å². The lowest BCUT2D eigenvalue weighted by molar-refractivity contribution is 0.0690. The van der Waals surface area contributed by atoms with Gasteiger partial charge in [-0.3, -0.25) is 24.7 Å². The third-order valence-corrected chi connectivity index (χ3v) is 9.87. The van der Waals surface area contributed by atoms with E-state index in [9.17, 15) is 14.7 Å². The predicted molar refractivity (Wildman–Crippen MR) is 205 cm³/mol. The first-order chi connectivity index (χ1) is 25.2. The van der Waals surface area contributed by atoms with Gasteiger partial charge in [0.05, 0.1) is 73.7 Å². The maximum absolute atomic E-state index is 12.7. The first kappa shape index (κ1) is 35.0. The van der Waals surface area contributed by atoms with E-state index in [1.54, 1.807) is 18.6 Å². The highest BCUT2D eigenvalue weighted by molar-refractivity contribution is 9.11. The lowest BCUT2D eigenvalue weighted by atomic mass is 10.1. The summed E-state index contributed by atoms with van der Waals surface area (Å²) in [6.45, 7) is 2.19. The fourth-order valence-electron chi connectivity index (χ4n) is 5.72. The van der Waals surface area contributed by atoms with Gasteiger partial charge in [-0.25, -0.2) is 24.7 Å². The number of carboxylic acid groups (broad SMARTS) is 1. The Morgan fingerprint density at radius 3 is 1.81 bits per heavy atom. The Labute approximate surface area is 313 Å². The predicted octanol–water partition coefficient (Wildman–Crippen LogP) is 6.20. The third-order valence-electron chi connectivity index (χ3n) is 8.29.